The number of pyridine rings is 1. The lowest BCUT2D eigenvalue weighted by Gasteiger charge is -2.31. The summed E-state index contributed by atoms with van der Waals surface area (Å²) >= 11 is 0. The average molecular weight is 261 g/mol. The fourth-order valence-electron chi connectivity index (χ4n) is 2.64. The topological polar surface area (TPSA) is 36.4 Å². The van der Waals surface area contributed by atoms with Crippen LogP contribution in [0.1, 0.15) is 18.4 Å². The van der Waals surface area contributed by atoms with Crippen LogP contribution in [0.2, 0.25) is 0 Å². The highest BCUT2D eigenvalue weighted by molar-refractivity contribution is 5.78. The molecule has 1 atom stereocenters. The lowest BCUT2D eigenvalue weighted by Crippen LogP contribution is -2.42. The van der Waals surface area contributed by atoms with E-state index < -0.39 is 0 Å². The van der Waals surface area contributed by atoms with Gasteiger partial charge in [0.2, 0.25) is 5.91 Å². The molecule has 1 aromatic heterocycles. The predicted molar refractivity (Wildman–Crippen MR) is 75.8 cm³/mol. The number of aromatic nitrogens is 1. The van der Waals surface area contributed by atoms with E-state index in [9.17, 15) is 4.79 Å². The van der Waals surface area contributed by atoms with Gasteiger partial charge in [0.15, 0.2) is 0 Å². The third-order valence-corrected chi connectivity index (χ3v) is 3.84. The lowest BCUT2D eigenvalue weighted by molar-refractivity contribution is -0.135. The molecule has 1 aliphatic rings. The summed E-state index contributed by atoms with van der Waals surface area (Å²) in [6.45, 7) is 2.80. The summed E-state index contributed by atoms with van der Waals surface area (Å²) in [5.74, 6) is 0.474. The van der Waals surface area contributed by atoms with E-state index in [2.05, 4.69) is 16.9 Å². The van der Waals surface area contributed by atoms with Gasteiger partial charge < -0.3 is 9.80 Å². The first kappa shape index (κ1) is 14.0. The van der Waals surface area contributed by atoms with E-state index in [-0.39, 0.29) is 5.92 Å². The number of rotatable bonds is 4. The van der Waals surface area contributed by atoms with Gasteiger partial charge in [-0.25, -0.2) is 0 Å². The highest BCUT2D eigenvalue weighted by atomic mass is 16.2. The molecular formula is C15H23N3O. The molecule has 4 heteroatoms. The molecule has 1 saturated heterocycles. The zero-order valence-electron chi connectivity index (χ0n) is 11.9. The van der Waals surface area contributed by atoms with Crippen molar-refractivity contribution in [3.63, 3.8) is 0 Å². The molecule has 0 N–H and O–H groups in total. The van der Waals surface area contributed by atoms with Crippen molar-refractivity contribution in [1.29, 1.82) is 0 Å². The van der Waals surface area contributed by atoms with Crippen LogP contribution < -0.4 is 0 Å². The Morgan fingerprint density at radius 3 is 2.89 bits per heavy atom. The van der Waals surface area contributed by atoms with Crippen LogP contribution in [0.15, 0.2) is 24.5 Å². The second-order valence-corrected chi connectivity index (χ2v) is 5.47. The molecule has 4 nitrogen and oxygen atoms in total. The van der Waals surface area contributed by atoms with Crippen LogP contribution in [0.4, 0.5) is 0 Å². The number of nitrogens with zero attached hydrogens (tertiary/aromatic N) is 3. The first-order valence-corrected chi connectivity index (χ1v) is 6.99. The Hall–Kier alpha value is -1.42. The van der Waals surface area contributed by atoms with Crippen molar-refractivity contribution in [3.8, 4) is 0 Å². The van der Waals surface area contributed by atoms with E-state index in [0.717, 1.165) is 38.9 Å². The molecule has 2 rings (SSSR count). The van der Waals surface area contributed by atoms with Crippen LogP contribution in [-0.4, -0.2) is 54.4 Å². The van der Waals surface area contributed by atoms with Crippen molar-refractivity contribution in [3.05, 3.63) is 30.1 Å². The van der Waals surface area contributed by atoms with Gasteiger partial charge >= 0.3 is 0 Å². The first-order valence-electron chi connectivity index (χ1n) is 6.99. The Morgan fingerprint density at radius 1 is 1.47 bits per heavy atom. The number of carbonyl (C=O) groups excluding carboxylic acids is 1. The Labute approximate surface area is 115 Å². The van der Waals surface area contributed by atoms with E-state index in [1.54, 1.807) is 12.4 Å². The third kappa shape index (κ3) is 4.03. The van der Waals surface area contributed by atoms with E-state index in [0.29, 0.717) is 5.91 Å². The molecule has 1 unspecified atom stereocenters. The second kappa shape index (κ2) is 6.66. The minimum atomic E-state index is 0.182. The molecule has 1 aliphatic heterocycles. The highest BCUT2D eigenvalue weighted by Crippen LogP contribution is 2.17. The molecule has 1 fully saturated rings. The Balaban J connectivity index is 1.82. The van der Waals surface area contributed by atoms with Gasteiger partial charge in [0, 0.05) is 32.5 Å². The van der Waals surface area contributed by atoms with E-state index in [1.807, 2.05) is 24.1 Å². The molecule has 0 spiro atoms. The Morgan fingerprint density at radius 2 is 2.21 bits per heavy atom. The van der Waals surface area contributed by atoms with Gasteiger partial charge in [0.05, 0.1) is 5.92 Å². The summed E-state index contributed by atoms with van der Waals surface area (Å²) in [7, 11) is 4.01. The molecule has 19 heavy (non-hydrogen) atoms. The smallest absolute Gasteiger partial charge is 0.226 e. The molecular weight excluding hydrogens is 238 g/mol. The highest BCUT2D eigenvalue weighted by Gasteiger charge is 2.26. The number of hydrogen-bond donors (Lipinski definition) is 0. The van der Waals surface area contributed by atoms with Gasteiger partial charge in [0.25, 0.3) is 0 Å². The summed E-state index contributed by atoms with van der Waals surface area (Å²) < 4.78 is 0. The van der Waals surface area contributed by atoms with Crippen LogP contribution >= 0.6 is 0 Å². The van der Waals surface area contributed by atoms with Crippen molar-refractivity contribution in [2.45, 2.75) is 19.3 Å². The van der Waals surface area contributed by atoms with Crippen molar-refractivity contribution < 1.29 is 4.79 Å². The van der Waals surface area contributed by atoms with Crippen molar-refractivity contribution in [2.75, 3.05) is 33.7 Å². The van der Waals surface area contributed by atoms with Gasteiger partial charge in [0.1, 0.15) is 0 Å². The van der Waals surface area contributed by atoms with Crippen LogP contribution in [0.3, 0.4) is 0 Å². The largest absolute Gasteiger partial charge is 0.345 e. The number of likely N-dealkylation sites (tertiary alicyclic amines) is 1. The predicted octanol–water partition coefficient (Wildman–Crippen LogP) is 1.42. The third-order valence-electron chi connectivity index (χ3n) is 3.84. The van der Waals surface area contributed by atoms with Gasteiger partial charge in [-0.1, -0.05) is 0 Å². The van der Waals surface area contributed by atoms with Crippen LogP contribution in [0.25, 0.3) is 0 Å². The lowest BCUT2D eigenvalue weighted by atomic mass is 9.97. The van der Waals surface area contributed by atoms with Gasteiger partial charge in [-0.15, -0.1) is 0 Å². The molecule has 0 saturated carbocycles. The fourth-order valence-corrected chi connectivity index (χ4v) is 2.64. The minimum Gasteiger partial charge on any atom is -0.345 e. The van der Waals surface area contributed by atoms with Crippen molar-refractivity contribution >= 4 is 5.91 Å². The first-order chi connectivity index (χ1) is 9.16. The number of hydrogen-bond acceptors (Lipinski definition) is 3. The summed E-state index contributed by atoms with van der Waals surface area (Å²) in [5, 5.41) is 0. The Kier molecular flexibility index (Phi) is 4.91. The standard InChI is InChI=1S/C15H23N3O/c1-17-10-3-4-14(12-17)15(19)18(2)11-7-13-5-8-16-9-6-13/h5-6,8-9,14H,3-4,7,10-12H2,1-2H3. The molecule has 0 radical (unpaired) electrons. The van der Waals surface area contributed by atoms with Gasteiger partial charge in [-0.2, -0.15) is 0 Å². The number of amides is 1. The van der Waals surface area contributed by atoms with E-state index >= 15 is 0 Å². The second-order valence-electron chi connectivity index (χ2n) is 5.47. The number of piperidine rings is 1. The molecule has 2 heterocycles. The average Bonchev–Trinajstić information content (AvgIpc) is 2.45. The SMILES string of the molecule is CN1CCCC(C(=O)N(C)CCc2ccncc2)C1. The molecule has 1 aromatic rings. The van der Waals surface area contributed by atoms with Crippen molar-refractivity contribution in [1.82, 2.24) is 14.8 Å². The molecule has 0 aliphatic carbocycles. The zero-order valence-corrected chi connectivity index (χ0v) is 11.9. The molecule has 104 valence electrons. The maximum atomic E-state index is 12.4. The fraction of sp³-hybridized carbons (Fsp3) is 0.600. The maximum absolute atomic E-state index is 12.4. The van der Waals surface area contributed by atoms with Crippen LogP contribution in [0, 0.1) is 5.92 Å². The number of carbonyl (C=O) groups is 1. The quantitative estimate of drug-likeness (QED) is 0.822. The van der Waals surface area contributed by atoms with Crippen LogP contribution in [-0.2, 0) is 11.2 Å². The summed E-state index contributed by atoms with van der Waals surface area (Å²) in [4.78, 5) is 20.5. The summed E-state index contributed by atoms with van der Waals surface area (Å²) in [6, 6.07) is 4.01. The van der Waals surface area contributed by atoms with Crippen LogP contribution in [0.5, 0.6) is 0 Å². The monoisotopic (exact) mass is 261 g/mol. The summed E-state index contributed by atoms with van der Waals surface area (Å²) in [6.07, 6.45) is 6.65. The minimum absolute atomic E-state index is 0.182. The molecule has 0 aromatic carbocycles. The van der Waals surface area contributed by atoms with Gasteiger partial charge in [-0.05, 0) is 50.6 Å². The summed E-state index contributed by atoms with van der Waals surface area (Å²) in [5.41, 5.74) is 1.23. The number of likely N-dealkylation sites (N-methyl/N-ethyl adjacent to an activating group) is 1. The van der Waals surface area contributed by atoms with Crippen molar-refractivity contribution in [2.24, 2.45) is 5.92 Å². The Bertz CT molecular complexity index is 407. The van der Waals surface area contributed by atoms with Gasteiger partial charge in [-0.3, -0.25) is 9.78 Å². The zero-order chi connectivity index (χ0) is 13.7. The molecule has 1 amide bonds. The molecule has 0 bridgehead atoms. The van der Waals surface area contributed by atoms with E-state index in [4.69, 9.17) is 0 Å². The normalized spacial score (nSPS) is 20.2. The van der Waals surface area contributed by atoms with E-state index in [1.165, 1.54) is 5.56 Å². The maximum Gasteiger partial charge on any atom is 0.226 e.